The predicted molar refractivity (Wildman–Crippen MR) is 107 cm³/mol. The average molecular weight is 408 g/mol. The smallest absolute Gasteiger partial charge is 0.263 e. The molecule has 0 amide bonds. The van der Waals surface area contributed by atoms with Gasteiger partial charge in [0.05, 0.1) is 21.6 Å². The summed E-state index contributed by atoms with van der Waals surface area (Å²) in [5.41, 5.74) is 1.84. The van der Waals surface area contributed by atoms with Gasteiger partial charge >= 0.3 is 0 Å². The summed E-state index contributed by atoms with van der Waals surface area (Å²) in [5, 5.41) is 5.75. The van der Waals surface area contributed by atoms with Crippen LogP contribution in [0.1, 0.15) is 24.9 Å². The number of sulfonamides is 1. The van der Waals surface area contributed by atoms with Crippen LogP contribution in [0.2, 0.25) is 5.02 Å². The van der Waals surface area contributed by atoms with E-state index >= 15 is 0 Å². The monoisotopic (exact) mass is 407 g/mol. The number of hydrogen-bond donors (Lipinski definition) is 2. The Kier molecular flexibility index (Phi) is 5.80. The second-order valence-corrected chi connectivity index (χ2v) is 8.58. The number of nitrogens with one attached hydrogen (secondary N) is 2. The lowest BCUT2D eigenvalue weighted by atomic mass is 10.0. The van der Waals surface area contributed by atoms with Crippen LogP contribution in [0, 0.1) is 0 Å². The third-order valence-corrected chi connectivity index (χ3v) is 6.31. The Bertz CT molecular complexity index is 961. The van der Waals surface area contributed by atoms with Crippen molar-refractivity contribution in [1.29, 1.82) is 0 Å². The number of halogens is 1. The van der Waals surface area contributed by atoms with Gasteiger partial charge in [-0.15, -0.1) is 11.3 Å². The third kappa shape index (κ3) is 4.35. The Balaban J connectivity index is 1.81. The van der Waals surface area contributed by atoms with E-state index in [9.17, 15) is 8.42 Å². The fraction of sp³-hybridized carbons (Fsp3) is 0.167. The summed E-state index contributed by atoms with van der Waals surface area (Å²) >= 11 is 7.55. The zero-order valence-corrected chi connectivity index (χ0v) is 16.4. The van der Waals surface area contributed by atoms with Crippen molar-refractivity contribution in [3.63, 3.8) is 0 Å². The lowest BCUT2D eigenvalue weighted by Gasteiger charge is -2.20. The van der Waals surface area contributed by atoms with Crippen LogP contribution in [0.25, 0.3) is 0 Å². The van der Waals surface area contributed by atoms with Gasteiger partial charge in [-0.05, 0) is 30.2 Å². The molecule has 3 aromatic rings. The number of nitrogens with zero attached hydrogens (tertiary/aromatic N) is 1. The lowest BCUT2D eigenvalue weighted by Crippen LogP contribution is -2.13. The minimum atomic E-state index is -3.72. The number of aromatic nitrogens is 1. The van der Waals surface area contributed by atoms with Crippen LogP contribution in [0.5, 0.6) is 0 Å². The summed E-state index contributed by atoms with van der Waals surface area (Å²) in [4.78, 5) is 4.03. The number of rotatable bonds is 7. The average Bonchev–Trinajstić information content (AvgIpc) is 3.13. The van der Waals surface area contributed by atoms with Gasteiger partial charge in [-0.2, -0.15) is 0 Å². The van der Waals surface area contributed by atoms with Crippen LogP contribution in [0.4, 0.5) is 10.8 Å². The summed E-state index contributed by atoms with van der Waals surface area (Å²) in [6.07, 6.45) is 2.41. The van der Waals surface area contributed by atoms with Crippen molar-refractivity contribution >= 4 is 43.8 Å². The molecule has 1 atom stereocenters. The van der Waals surface area contributed by atoms with Crippen molar-refractivity contribution in [2.24, 2.45) is 0 Å². The Morgan fingerprint density at radius 1 is 1.19 bits per heavy atom. The van der Waals surface area contributed by atoms with Crippen molar-refractivity contribution in [1.82, 2.24) is 4.98 Å². The maximum Gasteiger partial charge on any atom is 0.263 e. The second kappa shape index (κ2) is 8.07. The molecule has 0 spiro atoms. The van der Waals surface area contributed by atoms with Crippen LogP contribution < -0.4 is 10.0 Å². The van der Waals surface area contributed by atoms with E-state index in [1.54, 1.807) is 11.4 Å². The molecule has 1 unspecified atom stereocenters. The summed E-state index contributed by atoms with van der Waals surface area (Å²) in [6, 6.07) is 14.8. The molecule has 0 aliphatic carbocycles. The summed E-state index contributed by atoms with van der Waals surface area (Å²) < 4.78 is 27.3. The molecule has 8 heteroatoms. The maximum absolute atomic E-state index is 12.4. The highest BCUT2D eigenvalue weighted by Gasteiger charge is 2.18. The molecule has 0 aliphatic rings. The van der Waals surface area contributed by atoms with Gasteiger partial charge in [-0.1, -0.05) is 48.9 Å². The summed E-state index contributed by atoms with van der Waals surface area (Å²) in [5.74, 6) is 0. The van der Waals surface area contributed by atoms with Crippen LogP contribution in [-0.4, -0.2) is 13.4 Å². The van der Waals surface area contributed by atoms with Gasteiger partial charge in [0.1, 0.15) is 0 Å². The Labute approximate surface area is 162 Å². The fourth-order valence-electron chi connectivity index (χ4n) is 2.52. The Hall–Kier alpha value is -2.09. The molecule has 26 heavy (non-hydrogen) atoms. The molecular formula is C18H18ClN3O2S2. The second-order valence-electron chi connectivity index (χ2n) is 5.60. The van der Waals surface area contributed by atoms with Gasteiger partial charge in [-0.3, -0.25) is 4.72 Å². The highest BCUT2D eigenvalue weighted by Crippen LogP contribution is 2.30. The maximum atomic E-state index is 12.4. The molecule has 1 heterocycles. The van der Waals surface area contributed by atoms with Gasteiger partial charge in [-0.25, -0.2) is 13.4 Å². The van der Waals surface area contributed by atoms with E-state index in [0.29, 0.717) is 15.8 Å². The van der Waals surface area contributed by atoms with Gasteiger partial charge in [0.15, 0.2) is 5.13 Å². The topological polar surface area (TPSA) is 71.1 Å². The molecule has 0 radical (unpaired) electrons. The van der Waals surface area contributed by atoms with Crippen LogP contribution >= 0.6 is 22.9 Å². The van der Waals surface area contributed by atoms with E-state index < -0.39 is 10.0 Å². The van der Waals surface area contributed by atoms with Crippen molar-refractivity contribution in [3.05, 3.63) is 70.7 Å². The minimum Gasteiger partial charge on any atom is -0.377 e. The third-order valence-electron chi connectivity index (χ3n) is 3.84. The van der Waals surface area contributed by atoms with Crippen LogP contribution in [-0.2, 0) is 10.0 Å². The van der Waals surface area contributed by atoms with Crippen molar-refractivity contribution in [3.8, 4) is 0 Å². The predicted octanol–water partition coefficient (Wildman–Crippen LogP) is 5.16. The van der Waals surface area contributed by atoms with Gasteiger partial charge in [0, 0.05) is 11.6 Å². The van der Waals surface area contributed by atoms with Crippen molar-refractivity contribution in [2.75, 3.05) is 10.0 Å². The molecule has 0 bridgehead atoms. The number of thiazole rings is 1. The SMILES string of the molecule is CCC(Nc1ccc(S(=O)(=O)Nc2nccs2)cc1Cl)c1ccccc1. The van der Waals surface area contributed by atoms with Crippen molar-refractivity contribution in [2.45, 2.75) is 24.3 Å². The molecule has 0 saturated carbocycles. The molecular weight excluding hydrogens is 390 g/mol. The number of benzene rings is 2. The van der Waals surface area contributed by atoms with Crippen LogP contribution in [0.15, 0.2) is 65.0 Å². The minimum absolute atomic E-state index is 0.0876. The largest absolute Gasteiger partial charge is 0.377 e. The zero-order chi connectivity index (χ0) is 18.6. The molecule has 136 valence electrons. The molecule has 0 fully saturated rings. The molecule has 0 saturated heterocycles. The highest BCUT2D eigenvalue weighted by molar-refractivity contribution is 7.93. The van der Waals surface area contributed by atoms with E-state index in [1.807, 2.05) is 30.3 Å². The summed E-state index contributed by atoms with van der Waals surface area (Å²) in [7, 11) is -3.72. The molecule has 3 rings (SSSR count). The highest BCUT2D eigenvalue weighted by atomic mass is 35.5. The molecule has 2 N–H and O–H groups in total. The Morgan fingerprint density at radius 2 is 1.96 bits per heavy atom. The first-order chi connectivity index (χ1) is 12.5. The van der Waals surface area contributed by atoms with E-state index in [4.69, 9.17) is 11.6 Å². The number of hydrogen-bond acceptors (Lipinski definition) is 5. The van der Waals surface area contributed by atoms with E-state index in [-0.39, 0.29) is 10.9 Å². The van der Waals surface area contributed by atoms with Gasteiger partial charge in [0.25, 0.3) is 10.0 Å². The van der Waals surface area contributed by atoms with Crippen molar-refractivity contribution < 1.29 is 8.42 Å². The van der Waals surface area contributed by atoms with Crippen LogP contribution in [0.3, 0.4) is 0 Å². The molecule has 2 aromatic carbocycles. The van der Waals surface area contributed by atoms with E-state index in [1.165, 1.54) is 29.7 Å². The Morgan fingerprint density at radius 3 is 2.58 bits per heavy atom. The van der Waals surface area contributed by atoms with E-state index in [2.05, 4.69) is 21.9 Å². The number of anilines is 2. The quantitative estimate of drug-likeness (QED) is 0.567. The first-order valence-corrected chi connectivity index (χ1v) is 10.8. The molecule has 1 aromatic heterocycles. The van der Waals surface area contributed by atoms with Gasteiger partial charge < -0.3 is 5.32 Å². The van der Waals surface area contributed by atoms with E-state index in [0.717, 1.165) is 12.0 Å². The molecule has 0 aliphatic heterocycles. The van der Waals surface area contributed by atoms with Gasteiger partial charge in [0.2, 0.25) is 0 Å². The lowest BCUT2D eigenvalue weighted by molar-refractivity contribution is 0.601. The molecule has 5 nitrogen and oxygen atoms in total. The standard InChI is InChI=1S/C18H18ClN3O2S2/c1-2-16(13-6-4-3-5-7-13)21-17-9-8-14(12-15(17)19)26(23,24)22-18-20-10-11-25-18/h3-12,16,21H,2H2,1H3,(H,20,22). The first kappa shape index (κ1) is 18.7. The zero-order valence-electron chi connectivity index (χ0n) is 14.0. The first-order valence-electron chi connectivity index (χ1n) is 8.03. The fourth-order valence-corrected chi connectivity index (χ4v) is 4.64. The summed E-state index contributed by atoms with van der Waals surface area (Å²) in [6.45, 7) is 2.08. The normalized spacial score (nSPS) is 12.5.